The first-order chi connectivity index (χ1) is 10.8. The number of nitrogens with one attached hydrogen (secondary N) is 1. The van der Waals surface area contributed by atoms with Crippen LogP contribution in [0.4, 0.5) is 5.82 Å². The highest BCUT2D eigenvalue weighted by Gasteiger charge is 2.01. The Bertz CT molecular complexity index is 833. The molecule has 6 heteroatoms. The molecule has 0 aliphatic heterocycles. The first kappa shape index (κ1) is 13.8. The van der Waals surface area contributed by atoms with E-state index >= 15 is 0 Å². The van der Waals surface area contributed by atoms with Crippen molar-refractivity contribution in [2.75, 3.05) is 12.5 Å². The van der Waals surface area contributed by atoms with Gasteiger partial charge in [-0.3, -0.25) is 10.4 Å². The Morgan fingerprint density at radius 1 is 1.18 bits per heavy atom. The molecule has 0 aliphatic carbocycles. The molecule has 110 valence electrons. The number of benzene rings is 2. The molecule has 2 N–H and O–H groups in total. The summed E-state index contributed by atoms with van der Waals surface area (Å²) in [4.78, 5) is 8.68. The minimum Gasteiger partial charge on any atom is -0.504 e. The standard InChI is InChI=1S/C16H14N4O2/c1-22-15-7-6-11(8-14(15)21)9-18-20-16-10-17-12-4-2-3-5-13(12)19-16/h2-10,21H,1H3,(H,19,20)/b18-9+. The van der Waals surface area contributed by atoms with Crippen LogP contribution in [0, 0.1) is 0 Å². The number of hydrazone groups is 1. The summed E-state index contributed by atoms with van der Waals surface area (Å²) >= 11 is 0. The smallest absolute Gasteiger partial charge is 0.165 e. The number of anilines is 1. The van der Waals surface area contributed by atoms with Crippen LogP contribution in [0.1, 0.15) is 5.56 Å². The summed E-state index contributed by atoms with van der Waals surface area (Å²) in [5.74, 6) is 1.04. The van der Waals surface area contributed by atoms with Crippen molar-refractivity contribution in [1.82, 2.24) is 9.97 Å². The van der Waals surface area contributed by atoms with E-state index in [0.29, 0.717) is 11.6 Å². The molecule has 0 aliphatic rings. The van der Waals surface area contributed by atoms with E-state index in [2.05, 4.69) is 20.5 Å². The van der Waals surface area contributed by atoms with Gasteiger partial charge in [0.15, 0.2) is 17.3 Å². The molecular formula is C16H14N4O2. The average Bonchev–Trinajstić information content (AvgIpc) is 2.55. The van der Waals surface area contributed by atoms with Crippen LogP contribution in [0.25, 0.3) is 11.0 Å². The summed E-state index contributed by atoms with van der Waals surface area (Å²) in [6.45, 7) is 0. The molecule has 0 radical (unpaired) electrons. The predicted molar refractivity (Wildman–Crippen MR) is 85.4 cm³/mol. The van der Waals surface area contributed by atoms with Crippen LogP contribution < -0.4 is 10.2 Å². The summed E-state index contributed by atoms with van der Waals surface area (Å²) in [5.41, 5.74) is 5.18. The zero-order chi connectivity index (χ0) is 15.4. The van der Waals surface area contributed by atoms with Crippen molar-refractivity contribution in [3.63, 3.8) is 0 Å². The number of hydrogen-bond donors (Lipinski definition) is 2. The Labute approximate surface area is 127 Å². The van der Waals surface area contributed by atoms with Gasteiger partial charge in [-0.25, -0.2) is 4.98 Å². The van der Waals surface area contributed by atoms with E-state index in [1.807, 2.05) is 24.3 Å². The highest BCUT2D eigenvalue weighted by Crippen LogP contribution is 2.25. The highest BCUT2D eigenvalue weighted by molar-refractivity contribution is 5.81. The van der Waals surface area contributed by atoms with Crippen LogP contribution in [0.15, 0.2) is 53.8 Å². The van der Waals surface area contributed by atoms with Crippen molar-refractivity contribution in [1.29, 1.82) is 0 Å². The van der Waals surface area contributed by atoms with E-state index in [4.69, 9.17) is 4.74 Å². The van der Waals surface area contributed by atoms with Crippen LogP contribution in [0.5, 0.6) is 11.5 Å². The highest BCUT2D eigenvalue weighted by atomic mass is 16.5. The third-order valence-corrected chi connectivity index (χ3v) is 3.04. The third kappa shape index (κ3) is 2.95. The number of rotatable bonds is 4. The molecule has 0 spiro atoms. The molecular weight excluding hydrogens is 280 g/mol. The molecule has 1 heterocycles. The van der Waals surface area contributed by atoms with Crippen LogP contribution in [0.3, 0.4) is 0 Å². The zero-order valence-corrected chi connectivity index (χ0v) is 11.9. The normalized spacial score (nSPS) is 11.0. The molecule has 0 unspecified atom stereocenters. The lowest BCUT2D eigenvalue weighted by Crippen LogP contribution is -1.95. The van der Waals surface area contributed by atoms with Crippen molar-refractivity contribution >= 4 is 23.1 Å². The van der Waals surface area contributed by atoms with Crippen LogP contribution in [-0.2, 0) is 0 Å². The van der Waals surface area contributed by atoms with Gasteiger partial charge < -0.3 is 9.84 Å². The summed E-state index contributed by atoms with van der Waals surface area (Å²) in [6, 6.07) is 12.6. The molecule has 22 heavy (non-hydrogen) atoms. The maximum Gasteiger partial charge on any atom is 0.165 e. The van der Waals surface area contributed by atoms with Crippen molar-refractivity contribution in [3.8, 4) is 11.5 Å². The number of hydrogen-bond acceptors (Lipinski definition) is 6. The van der Waals surface area contributed by atoms with E-state index in [9.17, 15) is 5.11 Å². The predicted octanol–water partition coefficient (Wildman–Crippen LogP) is 2.79. The zero-order valence-electron chi connectivity index (χ0n) is 11.9. The van der Waals surface area contributed by atoms with Gasteiger partial charge in [0.25, 0.3) is 0 Å². The van der Waals surface area contributed by atoms with Gasteiger partial charge in [0.1, 0.15) is 0 Å². The molecule has 1 aromatic heterocycles. The summed E-state index contributed by atoms with van der Waals surface area (Å²) in [5, 5.41) is 13.8. The molecule has 3 rings (SSSR count). The van der Waals surface area contributed by atoms with Gasteiger partial charge in [0.2, 0.25) is 0 Å². The molecule has 3 aromatic rings. The number of phenolic OH excluding ortho intramolecular Hbond substituents is 1. The molecule has 0 fully saturated rings. The van der Waals surface area contributed by atoms with Crippen molar-refractivity contribution < 1.29 is 9.84 Å². The van der Waals surface area contributed by atoms with E-state index in [1.54, 1.807) is 30.6 Å². The van der Waals surface area contributed by atoms with E-state index in [1.165, 1.54) is 7.11 Å². The number of methoxy groups -OCH3 is 1. The quantitative estimate of drug-likeness (QED) is 0.571. The van der Waals surface area contributed by atoms with Gasteiger partial charge >= 0.3 is 0 Å². The van der Waals surface area contributed by atoms with Crippen LogP contribution in [-0.4, -0.2) is 28.4 Å². The second kappa shape index (κ2) is 6.09. The molecule has 0 atom stereocenters. The van der Waals surface area contributed by atoms with Crippen molar-refractivity contribution in [2.45, 2.75) is 0 Å². The minimum absolute atomic E-state index is 0.0666. The monoisotopic (exact) mass is 294 g/mol. The number of ether oxygens (including phenoxy) is 1. The number of phenols is 1. The Morgan fingerprint density at radius 3 is 2.77 bits per heavy atom. The Hall–Kier alpha value is -3.15. The molecule has 0 bridgehead atoms. The van der Waals surface area contributed by atoms with Crippen LogP contribution in [0.2, 0.25) is 0 Å². The Kier molecular flexibility index (Phi) is 3.82. The second-order valence-electron chi connectivity index (χ2n) is 4.55. The fourth-order valence-corrected chi connectivity index (χ4v) is 1.97. The molecule has 0 saturated carbocycles. The fraction of sp³-hybridized carbons (Fsp3) is 0.0625. The van der Waals surface area contributed by atoms with Gasteiger partial charge in [-0.15, -0.1) is 0 Å². The first-order valence-corrected chi connectivity index (χ1v) is 6.64. The number of aromatic hydroxyl groups is 1. The largest absolute Gasteiger partial charge is 0.504 e. The van der Waals surface area contributed by atoms with Gasteiger partial charge in [-0.05, 0) is 35.9 Å². The van der Waals surface area contributed by atoms with Gasteiger partial charge in [0, 0.05) is 0 Å². The van der Waals surface area contributed by atoms with Crippen LogP contribution >= 0.6 is 0 Å². The maximum atomic E-state index is 9.70. The van der Waals surface area contributed by atoms with E-state index in [-0.39, 0.29) is 5.75 Å². The average molecular weight is 294 g/mol. The molecule has 0 saturated heterocycles. The lowest BCUT2D eigenvalue weighted by molar-refractivity contribution is 0.373. The summed E-state index contributed by atoms with van der Waals surface area (Å²) in [6.07, 6.45) is 3.20. The molecule has 2 aromatic carbocycles. The summed E-state index contributed by atoms with van der Waals surface area (Å²) in [7, 11) is 1.50. The van der Waals surface area contributed by atoms with Gasteiger partial charge in [-0.1, -0.05) is 12.1 Å². The topological polar surface area (TPSA) is 79.6 Å². The van der Waals surface area contributed by atoms with Crippen molar-refractivity contribution in [2.24, 2.45) is 5.10 Å². The number of fused-ring (bicyclic) bond motifs is 1. The summed E-state index contributed by atoms with van der Waals surface area (Å²) < 4.78 is 4.99. The SMILES string of the molecule is COc1ccc(/C=N/Nc2cnc3ccccc3n2)cc1O. The number of para-hydroxylation sites is 2. The minimum atomic E-state index is 0.0666. The first-order valence-electron chi connectivity index (χ1n) is 6.64. The second-order valence-corrected chi connectivity index (χ2v) is 4.55. The van der Waals surface area contributed by atoms with Gasteiger partial charge in [0.05, 0.1) is 30.6 Å². The number of aromatic nitrogens is 2. The lowest BCUT2D eigenvalue weighted by atomic mass is 10.2. The Morgan fingerprint density at radius 2 is 2.00 bits per heavy atom. The van der Waals surface area contributed by atoms with Crippen molar-refractivity contribution in [3.05, 3.63) is 54.2 Å². The third-order valence-electron chi connectivity index (χ3n) is 3.04. The maximum absolute atomic E-state index is 9.70. The number of nitrogens with zero attached hydrogens (tertiary/aromatic N) is 3. The fourth-order valence-electron chi connectivity index (χ4n) is 1.97. The Balaban J connectivity index is 1.74. The molecule has 0 amide bonds. The van der Waals surface area contributed by atoms with E-state index in [0.717, 1.165) is 16.6 Å². The lowest BCUT2D eigenvalue weighted by Gasteiger charge is -2.03. The van der Waals surface area contributed by atoms with E-state index < -0.39 is 0 Å². The van der Waals surface area contributed by atoms with Gasteiger partial charge in [-0.2, -0.15) is 5.10 Å². The molecule has 6 nitrogen and oxygen atoms in total.